The highest BCUT2D eigenvalue weighted by molar-refractivity contribution is 8.18. The Bertz CT molecular complexity index is 1330. The number of halogens is 2. The lowest BCUT2D eigenvalue weighted by molar-refractivity contribution is -0.123. The first-order valence-corrected chi connectivity index (χ1v) is 11.7. The summed E-state index contributed by atoms with van der Waals surface area (Å²) in [5, 5.41) is 0.734. The van der Waals surface area contributed by atoms with E-state index in [1.807, 2.05) is 44.2 Å². The Morgan fingerprint density at radius 1 is 1.03 bits per heavy atom. The molecule has 3 heterocycles. The molecule has 0 aliphatic carbocycles. The zero-order chi connectivity index (χ0) is 23.3. The molecule has 2 aliphatic heterocycles. The van der Waals surface area contributed by atoms with E-state index in [1.165, 1.54) is 4.90 Å². The first-order valence-electron chi connectivity index (χ1n) is 10.1. The molecule has 1 saturated heterocycles. The van der Waals surface area contributed by atoms with Crippen molar-refractivity contribution in [2.24, 2.45) is 0 Å². The second-order valence-corrected chi connectivity index (χ2v) is 9.54. The zero-order valence-corrected chi connectivity index (χ0v) is 20.1. The number of hydrogen-bond donors (Lipinski definition) is 0. The predicted octanol–water partition coefficient (Wildman–Crippen LogP) is 6.37. The lowest BCUT2D eigenvalue weighted by atomic mass is 10.2. The highest BCUT2D eigenvalue weighted by atomic mass is 35.5. The molecule has 3 aromatic rings. The Hall–Kier alpha value is -2.87. The van der Waals surface area contributed by atoms with Gasteiger partial charge >= 0.3 is 0 Å². The summed E-state index contributed by atoms with van der Waals surface area (Å²) in [5.41, 5.74) is 4.42. The summed E-state index contributed by atoms with van der Waals surface area (Å²) in [6.07, 6.45) is 1.76. The second kappa shape index (κ2) is 8.48. The average Bonchev–Trinajstić information content (AvgIpc) is 3.42. The summed E-state index contributed by atoms with van der Waals surface area (Å²) in [6, 6.07) is 12.9. The van der Waals surface area contributed by atoms with E-state index in [1.54, 1.807) is 18.2 Å². The smallest absolute Gasteiger partial charge is 0.293 e. The van der Waals surface area contributed by atoms with Crippen LogP contribution in [0.25, 0.3) is 11.8 Å². The molecule has 6 nitrogen and oxygen atoms in total. The monoisotopic (exact) mass is 500 g/mol. The molecule has 0 radical (unpaired) electrons. The van der Waals surface area contributed by atoms with Crippen LogP contribution in [0.1, 0.15) is 22.5 Å². The fourth-order valence-corrected chi connectivity index (χ4v) is 5.12. The van der Waals surface area contributed by atoms with E-state index < -0.39 is 0 Å². The van der Waals surface area contributed by atoms with E-state index in [4.69, 9.17) is 32.7 Å². The van der Waals surface area contributed by atoms with E-state index in [0.29, 0.717) is 32.0 Å². The number of fused-ring (bicyclic) bond motifs is 1. The SMILES string of the molecule is Cc1cc(/C=C2/SC(=O)N(Cc3cc4c(cc3Cl)OCO4)C2=O)c(C)n1-c1ccc(Cl)cc1. The first kappa shape index (κ1) is 21.9. The number of ether oxygens (including phenoxy) is 2. The van der Waals surface area contributed by atoms with Gasteiger partial charge in [0.2, 0.25) is 6.79 Å². The standard InChI is InChI=1S/C24H18Cl2N2O4S/c1-13-7-15(14(2)28(13)18-5-3-17(25)4-6-18)9-22-23(29)27(24(30)33-22)11-16-8-20-21(10-19(16)26)32-12-31-20/h3-10H,11-12H2,1-2H3/b22-9+. The number of amides is 2. The van der Waals surface area contributed by atoms with Gasteiger partial charge < -0.3 is 14.0 Å². The molecule has 0 atom stereocenters. The van der Waals surface area contributed by atoms with Crippen LogP contribution in [-0.2, 0) is 11.3 Å². The summed E-state index contributed by atoms with van der Waals surface area (Å²) in [7, 11) is 0. The van der Waals surface area contributed by atoms with E-state index in [0.717, 1.165) is 34.4 Å². The number of carbonyl (C=O) groups excluding carboxylic acids is 2. The van der Waals surface area contributed by atoms with Gasteiger partial charge in [0.15, 0.2) is 11.5 Å². The third-order valence-electron chi connectivity index (χ3n) is 5.59. The second-order valence-electron chi connectivity index (χ2n) is 7.70. The Morgan fingerprint density at radius 3 is 2.45 bits per heavy atom. The largest absolute Gasteiger partial charge is 0.454 e. The van der Waals surface area contributed by atoms with Crippen molar-refractivity contribution >= 4 is 52.2 Å². The van der Waals surface area contributed by atoms with Crippen LogP contribution in [0, 0.1) is 13.8 Å². The fraction of sp³-hybridized carbons (Fsp3) is 0.167. The van der Waals surface area contributed by atoms with Gasteiger partial charge in [-0.25, -0.2) is 0 Å². The third kappa shape index (κ3) is 4.01. The van der Waals surface area contributed by atoms with E-state index in [2.05, 4.69) is 4.57 Å². The van der Waals surface area contributed by atoms with Crippen molar-refractivity contribution in [3.63, 3.8) is 0 Å². The first-order chi connectivity index (χ1) is 15.8. The van der Waals surface area contributed by atoms with Gasteiger partial charge in [-0.15, -0.1) is 0 Å². The molecule has 0 spiro atoms. The Balaban J connectivity index is 1.42. The summed E-state index contributed by atoms with van der Waals surface area (Å²) in [4.78, 5) is 27.3. The predicted molar refractivity (Wildman–Crippen MR) is 129 cm³/mol. The molecule has 5 rings (SSSR count). The lowest BCUT2D eigenvalue weighted by Crippen LogP contribution is -2.27. The van der Waals surface area contributed by atoms with Gasteiger partial charge in [-0.2, -0.15) is 0 Å². The maximum Gasteiger partial charge on any atom is 0.293 e. The van der Waals surface area contributed by atoms with Gasteiger partial charge in [0.05, 0.1) is 11.4 Å². The highest BCUT2D eigenvalue weighted by Gasteiger charge is 2.36. The van der Waals surface area contributed by atoms with Crippen LogP contribution >= 0.6 is 35.0 Å². The van der Waals surface area contributed by atoms with Crippen LogP contribution in [0.2, 0.25) is 10.0 Å². The lowest BCUT2D eigenvalue weighted by Gasteiger charge is -2.14. The molecule has 0 saturated carbocycles. The van der Waals surface area contributed by atoms with Crippen molar-refractivity contribution in [1.29, 1.82) is 0 Å². The molecular weight excluding hydrogens is 483 g/mol. The average molecular weight is 501 g/mol. The number of imide groups is 1. The Morgan fingerprint density at radius 2 is 1.73 bits per heavy atom. The van der Waals surface area contributed by atoms with Crippen molar-refractivity contribution in [2.45, 2.75) is 20.4 Å². The molecule has 0 unspecified atom stereocenters. The van der Waals surface area contributed by atoms with Gasteiger partial charge in [-0.3, -0.25) is 14.5 Å². The minimum Gasteiger partial charge on any atom is -0.454 e. The summed E-state index contributed by atoms with van der Waals surface area (Å²) < 4.78 is 12.8. The Labute approximate surface area is 204 Å². The number of hydrogen-bond acceptors (Lipinski definition) is 5. The molecule has 9 heteroatoms. The van der Waals surface area contributed by atoms with Crippen LogP contribution in [0.3, 0.4) is 0 Å². The summed E-state index contributed by atoms with van der Waals surface area (Å²) in [5.74, 6) is 0.746. The molecule has 1 aromatic heterocycles. The summed E-state index contributed by atoms with van der Waals surface area (Å²) in [6.45, 7) is 4.14. The number of thioether (sulfide) groups is 1. The van der Waals surface area contributed by atoms with Crippen molar-refractivity contribution < 1.29 is 19.1 Å². The number of nitrogens with zero attached hydrogens (tertiary/aromatic N) is 2. The zero-order valence-electron chi connectivity index (χ0n) is 17.7. The molecule has 0 N–H and O–H groups in total. The van der Waals surface area contributed by atoms with E-state index in [-0.39, 0.29) is 24.5 Å². The normalized spacial score (nSPS) is 16.4. The maximum absolute atomic E-state index is 13.1. The quantitative estimate of drug-likeness (QED) is 0.389. The molecule has 2 aliphatic rings. The number of aryl methyl sites for hydroxylation is 1. The molecule has 33 heavy (non-hydrogen) atoms. The van der Waals surface area contributed by atoms with Crippen LogP contribution in [0.5, 0.6) is 11.5 Å². The van der Waals surface area contributed by atoms with Crippen molar-refractivity contribution in [2.75, 3.05) is 6.79 Å². The summed E-state index contributed by atoms with van der Waals surface area (Å²) >= 11 is 13.3. The highest BCUT2D eigenvalue weighted by Crippen LogP contribution is 2.39. The van der Waals surface area contributed by atoms with Crippen molar-refractivity contribution in [1.82, 2.24) is 9.47 Å². The minimum atomic E-state index is -0.352. The number of rotatable bonds is 4. The van der Waals surface area contributed by atoms with Gasteiger partial charge in [0, 0.05) is 33.2 Å². The fourth-order valence-electron chi connectivity index (χ4n) is 3.95. The van der Waals surface area contributed by atoms with Crippen molar-refractivity contribution in [3.05, 3.63) is 79.9 Å². The van der Waals surface area contributed by atoms with E-state index in [9.17, 15) is 9.59 Å². The van der Waals surface area contributed by atoms with Gasteiger partial charge in [-0.1, -0.05) is 23.2 Å². The number of aromatic nitrogens is 1. The number of benzene rings is 2. The van der Waals surface area contributed by atoms with Crippen LogP contribution in [-0.4, -0.2) is 27.4 Å². The number of carbonyl (C=O) groups is 2. The molecule has 168 valence electrons. The van der Waals surface area contributed by atoms with Crippen molar-refractivity contribution in [3.8, 4) is 17.2 Å². The molecule has 0 bridgehead atoms. The maximum atomic E-state index is 13.1. The van der Waals surface area contributed by atoms with Crippen LogP contribution < -0.4 is 9.47 Å². The van der Waals surface area contributed by atoms with Gasteiger partial charge in [-0.05, 0) is 79.2 Å². The molecule has 2 amide bonds. The van der Waals surface area contributed by atoms with Crippen LogP contribution in [0.4, 0.5) is 4.79 Å². The van der Waals surface area contributed by atoms with Gasteiger partial charge in [0.1, 0.15) is 0 Å². The molecule has 1 fully saturated rings. The third-order valence-corrected chi connectivity index (χ3v) is 7.10. The topological polar surface area (TPSA) is 60.8 Å². The molecular formula is C24H18Cl2N2O4S. The Kier molecular flexibility index (Phi) is 5.64. The van der Waals surface area contributed by atoms with Crippen LogP contribution in [0.15, 0.2) is 47.4 Å². The van der Waals surface area contributed by atoms with Gasteiger partial charge in [0.25, 0.3) is 11.1 Å². The van der Waals surface area contributed by atoms with E-state index >= 15 is 0 Å². The molecule has 2 aromatic carbocycles. The minimum absolute atomic E-state index is 0.0568.